The van der Waals surface area contributed by atoms with E-state index in [1.165, 1.54) is 0 Å². The molecule has 146 valence electrons. The summed E-state index contributed by atoms with van der Waals surface area (Å²) in [7, 11) is 1.57. The molecule has 1 aromatic carbocycles. The molecule has 8 nitrogen and oxygen atoms in total. The first-order valence-corrected chi connectivity index (χ1v) is 8.82. The maximum Gasteiger partial charge on any atom is 0.320 e. The lowest BCUT2D eigenvalue weighted by atomic mass is 10.3. The van der Waals surface area contributed by atoms with Crippen LogP contribution in [0.2, 0.25) is 0 Å². The fraction of sp³-hybridized carbons (Fsp3) is 0.421. The van der Waals surface area contributed by atoms with Crippen molar-refractivity contribution in [2.75, 3.05) is 45.3 Å². The summed E-state index contributed by atoms with van der Waals surface area (Å²) in [5.74, 6) is -0.0365. The van der Waals surface area contributed by atoms with Crippen molar-refractivity contribution in [3.05, 3.63) is 42.1 Å². The molecule has 2 rings (SSSR count). The number of nitrogens with zero attached hydrogens (tertiary/aromatic N) is 3. The van der Waals surface area contributed by atoms with Crippen molar-refractivity contribution in [3.63, 3.8) is 0 Å². The van der Waals surface area contributed by atoms with Crippen LogP contribution in [-0.4, -0.2) is 66.5 Å². The van der Waals surface area contributed by atoms with Gasteiger partial charge in [0.1, 0.15) is 5.82 Å². The number of benzene rings is 1. The quantitative estimate of drug-likeness (QED) is 0.636. The highest BCUT2D eigenvalue weighted by Gasteiger charge is 2.17. The van der Waals surface area contributed by atoms with E-state index in [0.717, 1.165) is 11.4 Å². The Labute approximate surface area is 159 Å². The first-order valence-electron chi connectivity index (χ1n) is 8.82. The van der Waals surface area contributed by atoms with Crippen LogP contribution in [0.5, 0.6) is 0 Å². The van der Waals surface area contributed by atoms with E-state index in [1.54, 1.807) is 29.7 Å². The number of esters is 1. The third kappa shape index (κ3) is 6.50. The lowest BCUT2D eigenvalue weighted by Crippen LogP contribution is -2.39. The number of hydrogen-bond acceptors (Lipinski definition) is 6. The number of hydrogen-bond donors (Lipinski definition) is 1. The average Bonchev–Trinajstić information content (AvgIpc) is 3.00. The van der Waals surface area contributed by atoms with Crippen LogP contribution in [0.1, 0.15) is 12.6 Å². The number of rotatable bonds is 10. The molecule has 1 heterocycles. The molecular weight excluding hydrogens is 348 g/mol. The highest BCUT2D eigenvalue weighted by molar-refractivity contribution is 5.92. The van der Waals surface area contributed by atoms with Crippen molar-refractivity contribution < 1.29 is 19.1 Å². The molecule has 0 unspecified atom stereocenters. The number of carbonyl (C=O) groups excluding carboxylic acids is 2. The fourth-order valence-corrected chi connectivity index (χ4v) is 2.56. The van der Waals surface area contributed by atoms with E-state index >= 15 is 0 Å². The van der Waals surface area contributed by atoms with Gasteiger partial charge in [0, 0.05) is 19.7 Å². The topological polar surface area (TPSA) is 85.7 Å². The molecule has 1 N–H and O–H groups in total. The van der Waals surface area contributed by atoms with Gasteiger partial charge in [0.2, 0.25) is 5.91 Å². The van der Waals surface area contributed by atoms with Crippen LogP contribution in [0.3, 0.4) is 0 Å². The molecule has 2 aromatic rings. The summed E-state index contributed by atoms with van der Waals surface area (Å²) in [6, 6.07) is 11.4. The van der Waals surface area contributed by atoms with Crippen molar-refractivity contribution >= 4 is 17.7 Å². The number of aryl methyl sites for hydroxylation is 1. The highest BCUT2D eigenvalue weighted by Crippen LogP contribution is 2.16. The van der Waals surface area contributed by atoms with Gasteiger partial charge in [0.05, 0.1) is 37.7 Å². The Morgan fingerprint density at radius 1 is 1.22 bits per heavy atom. The summed E-state index contributed by atoms with van der Waals surface area (Å²) >= 11 is 0. The van der Waals surface area contributed by atoms with Crippen molar-refractivity contribution in [2.45, 2.75) is 13.8 Å². The van der Waals surface area contributed by atoms with Gasteiger partial charge in [0.25, 0.3) is 0 Å². The second-order valence-electron chi connectivity index (χ2n) is 5.97. The van der Waals surface area contributed by atoms with E-state index < -0.39 is 0 Å². The summed E-state index contributed by atoms with van der Waals surface area (Å²) in [5, 5.41) is 7.30. The van der Waals surface area contributed by atoms with Crippen LogP contribution >= 0.6 is 0 Å². The zero-order valence-corrected chi connectivity index (χ0v) is 16.0. The fourth-order valence-electron chi connectivity index (χ4n) is 2.56. The molecule has 1 aromatic heterocycles. The van der Waals surface area contributed by atoms with Gasteiger partial charge in [-0.15, -0.1) is 0 Å². The SMILES string of the molecule is CCOC(=O)CN(CCOC)CC(=O)Nc1cc(C)nn1-c1ccccc1. The van der Waals surface area contributed by atoms with Crippen LogP contribution in [0.25, 0.3) is 5.69 Å². The van der Waals surface area contributed by atoms with E-state index in [0.29, 0.717) is 25.6 Å². The zero-order chi connectivity index (χ0) is 19.6. The lowest BCUT2D eigenvalue weighted by Gasteiger charge is -2.20. The van der Waals surface area contributed by atoms with Gasteiger partial charge in [0.15, 0.2) is 0 Å². The molecule has 0 aliphatic heterocycles. The van der Waals surface area contributed by atoms with E-state index in [-0.39, 0.29) is 25.0 Å². The second-order valence-corrected chi connectivity index (χ2v) is 5.97. The summed E-state index contributed by atoms with van der Waals surface area (Å²) < 4.78 is 11.7. The number of aromatic nitrogens is 2. The number of para-hydroxylation sites is 1. The van der Waals surface area contributed by atoms with E-state index in [1.807, 2.05) is 37.3 Å². The standard InChI is InChI=1S/C19H26N4O4/c1-4-27-19(25)14-22(10-11-26-3)13-18(24)20-17-12-15(2)21-23(17)16-8-6-5-7-9-16/h5-9,12H,4,10-11,13-14H2,1-3H3,(H,20,24). The third-order valence-electron chi connectivity index (χ3n) is 3.74. The maximum atomic E-state index is 12.5. The molecule has 0 bridgehead atoms. The Bertz CT molecular complexity index is 745. The summed E-state index contributed by atoms with van der Waals surface area (Å²) in [5.41, 5.74) is 1.64. The lowest BCUT2D eigenvalue weighted by molar-refractivity contribution is -0.144. The van der Waals surface area contributed by atoms with Gasteiger partial charge >= 0.3 is 5.97 Å². The zero-order valence-electron chi connectivity index (χ0n) is 16.0. The molecule has 0 fully saturated rings. The number of methoxy groups -OCH3 is 1. The summed E-state index contributed by atoms with van der Waals surface area (Å²) in [6.07, 6.45) is 0. The number of nitrogens with one attached hydrogen (secondary N) is 1. The van der Waals surface area contributed by atoms with Crippen LogP contribution in [-0.2, 0) is 19.1 Å². The third-order valence-corrected chi connectivity index (χ3v) is 3.74. The molecule has 0 atom stereocenters. The smallest absolute Gasteiger partial charge is 0.320 e. The molecule has 0 aliphatic rings. The number of anilines is 1. The van der Waals surface area contributed by atoms with Crippen molar-refractivity contribution in [3.8, 4) is 5.69 Å². The Balaban J connectivity index is 2.05. The van der Waals surface area contributed by atoms with Gasteiger partial charge in [-0.05, 0) is 26.0 Å². The molecule has 0 saturated carbocycles. The van der Waals surface area contributed by atoms with Gasteiger partial charge in [-0.3, -0.25) is 14.5 Å². The Kier molecular flexibility index (Phi) is 7.97. The monoisotopic (exact) mass is 374 g/mol. The van der Waals surface area contributed by atoms with E-state index in [2.05, 4.69) is 10.4 Å². The average molecular weight is 374 g/mol. The van der Waals surface area contributed by atoms with Crippen LogP contribution < -0.4 is 5.32 Å². The van der Waals surface area contributed by atoms with Gasteiger partial charge in [-0.25, -0.2) is 4.68 Å². The Morgan fingerprint density at radius 3 is 2.63 bits per heavy atom. The molecule has 1 amide bonds. The first kappa shape index (κ1) is 20.6. The molecule has 0 aliphatic carbocycles. The Hall–Kier alpha value is -2.71. The number of amides is 1. The van der Waals surface area contributed by atoms with Gasteiger partial charge < -0.3 is 14.8 Å². The van der Waals surface area contributed by atoms with E-state index in [9.17, 15) is 9.59 Å². The van der Waals surface area contributed by atoms with Crippen molar-refractivity contribution in [1.82, 2.24) is 14.7 Å². The minimum absolute atomic E-state index is 0.0294. The highest BCUT2D eigenvalue weighted by atomic mass is 16.5. The predicted molar refractivity (Wildman–Crippen MR) is 102 cm³/mol. The minimum Gasteiger partial charge on any atom is -0.465 e. The molecule has 0 saturated heterocycles. The first-order chi connectivity index (χ1) is 13.0. The molecule has 27 heavy (non-hydrogen) atoms. The summed E-state index contributed by atoms with van der Waals surface area (Å²) in [4.78, 5) is 26.0. The normalized spacial score (nSPS) is 10.8. The Morgan fingerprint density at radius 2 is 1.96 bits per heavy atom. The predicted octanol–water partition coefficient (Wildman–Crippen LogP) is 1.63. The number of carbonyl (C=O) groups is 2. The van der Waals surface area contributed by atoms with Crippen LogP contribution in [0.4, 0.5) is 5.82 Å². The van der Waals surface area contributed by atoms with Gasteiger partial charge in [-0.1, -0.05) is 18.2 Å². The molecule has 0 spiro atoms. The molecular formula is C19H26N4O4. The van der Waals surface area contributed by atoms with E-state index in [4.69, 9.17) is 9.47 Å². The van der Waals surface area contributed by atoms with Crippen LogP contribution in [0.15, 0.2) is 36.4 Å². The van der Waals surface area contributed by atoms with Crippen LogP contribution in [0, 0.1) is 6.92 Å². The molecule has 0 radical (unpaired) electrons. The van der Waals surface area contributed by atoms with Gasteiger partial charge in [-0.2, -0.15) is 5.10 Å². The number of ether oxygens (including phenoxy) is 2. The minimum atomic E-state index is -0.369. The maximum absolute atomic E-state index is 12.5. The summed E-state index contributed by atoms with van der Waals surface area (Å²) in [6.45, 7) is 4.84. The largest absolute Gasteiger partial charge is 0.465 e. The van der Waals surface area contributed by atoms with Crippen molar-refractivity contribution in [2.24, 2.45) is 0 Å². The molecule has 8 heteroatoms. The van der Waals surface area contributed by atoms with Crippen molar-refractivity contribution in [1.29, 1.82) is 0 Å². The second kappa shape index (κ2) is 10.4.